The molecule has 0 aliphatic carbocycles. The number of aliphatic hydroxyl groups is 2. The molecule has 15 heavy (non-hydrogen) atoms. The predicted octanol–water partition coefficient (Wildman–Crippen LogP) is 0.428. The minimum atomic E-state index is -0.830. The molecule has 1 rings (SSSR count). The van der Waals surface area contributed by atoms with Crippen LogP contribution in [0.2, 0.25) is 0 Å². The number of nitriles is 1. The van der Waals surface area contributed by atoms with Crippen LogP contribution in [0.5, 0.6) is 0 Å². The molecule has 0 saturated heterocycles. The SMILES string of the molecule is N#Cc1ccc(COCC(O)CO)cc1. The van der Waals surface area contributed by atoms with E-state index in [0.717, 1.165) is 5.56 Å². The number of hydrogen-bond donors (Lipinski definition) is 2. The summed E-state index contributed by atoms with van der Waals surface area (Å²) in [5, 5.41) is 26.1. The molecule has 0 aromatic heterocycles. The first-order valence-corrected chi connectivity index (χ1v) is 4.62. The molecule has 4 nitrogen and oxygen atoms in total. The van der Waals surface area contributed by atoms with Crippen molar-refractivity contribution in [2.24, 2.45) is 0 Å². The van der Waals surface area contributed by atoms with Crippen LogP contribution in [0.25, 0.3) is 0 Å². The van der Waals surface area contributed by atoms with Crippen LogP contribution in [0, 0.1) is 11.3 Å². The summed E-state index contributed by atoms with van der Waals surface area (Å²) < 4.78 is 5.15. The van der Waals surface area contributed by atoms with Crippen molar-refractivity contribution < 1.29 is 14.9 Å². The molecule has 0 heterocycles. The van der Waals surface area contributed by atoms with Crippen molar-refractivity contribution in [2.75, 3.05) is 13.2 Å². The summed E-state index contributed by atoms with van der Waals surface area (Å²) in [5.74, 6) is 0. The Labute approximate surface area is 88.4 Å². The van der Waals surface area contributed by atoms with Gasteiger partial charge in [0.2, 0.25) is 0 Å². The summed E-state index contributed by atoms with van der Waals surface area (Å²) in [6.45, 7) is 0.173. The highest BCUT2D eigenvalue weighted by molar-refractivity contribution is 5.31. The predicted molar refractivity (Wildman–Crippen MR) is 53.9 cm³/mol. The Morgan fingerprint density at radius 1 is 1.33 bits per heavy atom. The third kappa shape index (κ3) is 4.09. The van der Waals surface area contributed by atoms with E-state index in [4.69, 9.17) is 20.2 Å². The van der Waals surface area contributed by atoms with Gasteiger partial charge in [-0.15, -0.1) is 0 Å². The Morgan fingerprint density at radius 3 is 2.53 bits per heavy atom. The van der Waals surface area contributed by atoms with Crippen LogP contribution in [-0.2, 0) is 11.3 Å². The molecule has 1 unspecified atom stereocenters. The van der Waals surface area contributed by atoms with Gasteiger partial charge in [0, 0.05) is 0 Å². The number of rotatable bonds is 5. The zero-order valence-corrected chi connectivity index (χ0v) is 8.26. The average molecular weight is 207 g/mol. The van der Waals surface area contributed by atoms with E-state index in [9.17, 15) is 0 Å². The normalized spacial score (nSPS) is 12.1. The van der Waals surface area contributed by atoms with Crippen molar-refractivity contribution in [1.82, 2.24) is 0 Å². The van der Waals surface area contributed by atoms with Crippen LogP contribution in [0.15, 0.2) is 24.3 Å². The molecule has 1 aromatic rings. The minimum Gasteiger partial charge on any atom is -0.394 e. The summed E-state index contributed by atoms with van der Waals surface area (Å²) in [5.41, 5.74) is 1.54. The Hall–Kier alpha value is -1.41. The molecular formula is C11H13NO3. The third-order valence-corrected chi connectivity index (χ3v) is 1.87. The lowest BCUT2D eigenvalue weighted by Crippen LogP contribution is -2.19. The molecule has 0 bridgehead atoms. The van der Waals surface area contributed by atoms with Crippen molar-refractivity contribution >= 4 is 0 Å². The number of nitrogens with zero attached hydrogens (tertiary/aromatic N) is 1. The number of aliphatic hydroxyl groups excluding tert-OH is 2. The van der Waals surface area contributed by atoms with E-state index in [0.29, 0.717) is 12.2 Å². The molecule has 4 heteroatoms. The first-order valence-electron chi connectivity index (χ1n) is 4.62. The topological polar surface area (TPSA) is 73.5 Å². The van der Waals surface area contributed by atoms with Crippen LogP contribution < -0.4 is 0 Å². The maximum absolute atomic E-state index is 9.00. The average Bonchev–Trinajstić information content (AvgIpc) is 2.29. The van der Waals surface area contributed by atoms with Crippen molar-refractivity contribution in [3.8, 4) is 6.07 Å². The van der Waals surface area contributed by atoms with E-state index in [1.807, 2.05) is 6.07 Å². The lowest BCUT2D eigenvalue weighted by molar-refractivity contribution is 0.0000243. The Kier molecular flexibility index (Phi) is 4.78. The molecule has 0 amide bonds. The summed E-state index contributed by atoms with van der Waals surface area (Å²) in [7, 11) is 0. The van der Waals surface area contributed by atoms with E-state index < -0.39 is 6.10 Å². The molecule has 80 valence electrons. The smallest absolute Gasteiger partial charge is 0.100 e. The van der Waals surface area contributed by atoms with Gasteiger partial charge >= 0.3 is 0 Å². The Balaban J connectivity index is 2.35. The lowest BCUT2D eigenvalue weighted by Gasteiger charge is -2.08. The van der Waals surface area contributed by atoms with Gasteiger partial charge < -0.3 is 14.9 Å². The highest BCUT2D eigenvalue weighted by atomic mass is 16.5. The van der Waals surface area contributed by atoms with Crippen molar-refractivity contribution in [3.63, 3.8) is 0 Å². The van der Waals surface area contributed by atoms with E-state index in [2.05, 4.69) is 0 Å². The van der Waals surface area contributed by atoms with E-state index in [-0.39, 0.29) is 13.2 Å². The number of benzene rings is 1. The summed E-state index contributed by atoms with van der Waals surface area (Å²) in [6.07, 6.45) is -0.830. The van der Waals surface area contributed by atoms with Crippen LogP contribution >= 0.6 is 0 Å². The van der Waals surface area contributed by atoms with Gasteiger partial charge in [-0.05, 0) is 17.7 Å². The molecular weight excluding hydrogens is 194 g/mol. The standard InChI is InChI=1S/C11H13NO3/c12-5-9-1-3-10(4-2-9)7-15-8-11(14)6-13/h1-4,11,13-14H,6-8H2. The quantitative estimate of drug-likeness (QED) is 0.734. The second-order valence-corrected chi connectivity index (χ2v) is 3.16. The second-order valence-electron chi connectivity index (χ2n) is 3.16. The van der Waals surface area contributed by atoms with Crippen molar-refractivity contribution in [3.05, 3.63) is 35.4 Å². The van der Waals surface area contributed by atoms with E-state index in [1.165, 1.54) is 0 Å². The molecule has 1 aromatic carbocycles. The maximum Gasteiger partial charge on any atom is 0.100 e. The molecule has 0 spiro atoms. The van der Waals surface area contributed by atoms with Crippen molar-refractivity contribution in [1.29, 1.82) is 5.26 Å². The molecule has 0 aliphatic heterocycles. The molecule has 1 atom stereocenters. The number of hydrogen-bond acceptors (Lipinski definition) is 4. The van der Waals surface area contributed by atoms with Crippen LogP contribution in [0.4, 0.5) is 0 Å². The largest absolute Gasteiger partial charge is 0.394 e. The van der Waals surface area contributed by atoms with Crippen LogP contribution in [-0.4, -0.2) is 29.5 Å². The first-order chi connectivity index (χ1) is 7.26. The Morgan fingerprint density at radius 2 is 2.00 bits per heavy atom. The monoisotopic (exact) mass is 207 g/mol. The first kappa shape index (κ1) is 11.7. The summed E-state index contributed by atoms with van der Waals surface area (Å²) in [4.78, 5) is 0. The van der Waals surface area contributed by atoms with Crippen LogP contribution in [0.1, 0.15) is 11.1 Å². The van der Waals surface area contributed by atoms with Crippen LogP contribution in [0.3, 0.4) is 0 Å². The minimum absolute atomic E-state index is 0.108. The Bertz CT molecular complexity index is 329. The zero-order chi connectivity index (χ0) is 11.1. The molecule has 0 fully saturated rings. The molecule has 0 radical (unpaired) electrons. The fourth-order valence-corrected chi connectivity index (χ4v) is 1.04. The molecule has 2 N–H and O–H groups in total. The fraction of sp³-hybridized carbons (Fsp3) is 0.364. The van der Waals surface area contributed by atoms with Gasteiger partial charge in [-0.3, -0.25) is 0 Å². The third-order valence-electron chi connectivity index (χ3n) is 1.87. The highest BCUT2D eigenvalue weighted by Gasteiger charge is 2.01. The van der Waals surface area contributed by atoms with Gasteiger partial charge in [-0.1, -0.05) is 12.1 Å². The fourth-order valence-electron chi connectivity index (χ4n) is 1.04. The van der Waals surface area contributed by atoms with Crippen molar-refractivity contribution in [2.45, 2.75) is 12.7 Å². The lowest BCUT2D eigenvalue weighted by atomic mass is 10.2. The van der Waals surface area contributed by atoms with Gasteiger partial charge in [0.05, 0.1) is 31.5 Å². The van der Waals surface area contributed by atoms with Gasteiger partial charge in [-0.2, -0.15) is 5.26 Å². The molecule has 0 aliphatic rings. The van der Waals surface area contributed by atoms with Gasteiger partial charge in [-0.25, -0.2) is 0 Å². The van der Waals surface area contributed by atoms with Gasteiger partial charge in [0.1, 0.15) is 6.10 Å². The second kappa shape index (κ2) is 6.14. The molecule has 0 saturated carbocycles. The number of ether oxygens (including phenoxy) is 1. The van der Waals surface area contributed by atoms with Gasteiger partial charge in [0.25, 0.3) is 0 Å². The highest BCUT2D eigenvalue weighted by Crippen LogP contribution is 2.04. The zero-order valence-electron chi connectivity index (χ0n) is 8.26. The maximum atomic E-state index is 9.00. The van der Waals surface area contributed by atoms with E-state index >= 15 is 0 Å². The summed E-state index contributed by atoms with van der Waals surface area (Å²) in [6, 6.07) is 9.03. The summed E-state index contributed by atoms with van der Waals surface area (Å²) >= 11 is 0. The van der Waals surface area contributed by atoms with E-state index in [1.54, 1.807) is 24.3 Å². The van der Waals surface area contributed by atoms with Gasteiger partial charge in [0.15, 0.2) is 0 Å².